The summed E-state index contributed by atoms with van der Waals surface area (Å²) in [6, 6.07) is 12.4. The zero-order valence-corrected chi connectivity index (χ0v) is 25.4. The summed E-state index contributed by atoms with van der Waals surface area (Å²) in [6.45, 7) is 5.75. The Kier molecular flexibility index (Phi) is 18.4. The van der Waals surface area contributed by atoms with Gasteiger partial charge in [-0.05, 0) is 57.1 Å². The number of benzene rings is 1. The SMILES string of the molecule is CCCCO[Si](CCCSSSSCCC[Si](OC)(OC)OC)(OCC)c1ccccc1. The van der Waals surface area contributed by atoms with Crippen molar-refractivity contribution < 1.29 is 22.1 Å². The molecule has 1 rings (SSSR count). The van der Waals surface area contributed by atoms with Gasteiger partial charge in [-0.1, -0.05) is 65.3 Å². The molecule has 0 N–H and O–H groups in total. The lowest BCUT2D eigenvalue weighted by Gasteiger charge is -2.31. The molecule has 0 amide bonds. The molecule has 0 saturated carbocycles. The quantitative estimate of drug-likeness (QED) is 0.0955. The number of rotatable bonds is 21. The maximum absolute atomic E-state index is 6.49. The molecule has 0 fully saturated rings. The van der Waals surface area contributed by atoms with Gasteiger partial charge in [0.25, 0.3) is 0 Å². The monoisotopic (exact) mass is 556 g/mol. The van der Waals surface area contributed by atoms with Crippen molar-refractivity contribution in [3.05, 3.63) is 30.3 Å². The van der Waals surface area contributed by atoms with Crippen LogP contribution >= 0.6 is 41.2 Å². The van der Waals surface area contributed by atoms with E-state index in [4.69, 9.17) is 22.1 Å². The number of unbranched alkanes of at least 4 members (excludes halogenated alkanes) is 1. The van der Waals surface area contributed by atoms with Gasteiger partial charge in [0, 0.05) is 52.1 Å². The van der Waals surface area contributed by atoms with Crippen molar-refractivity contribution in [2.75, 3.05) is 46.0 Å². The number of hydrogen-bond acceptors (Lipinski definition) is 9. The van der Waals surface area contributed by atoms with E-state index in [1.165, 1.54) is 5.19 Å². The topological polar surface area (TPSA) is 46.2 Å². The number of hydrogen-bond donors (Lipinski definition) is 0. The molecule has 5 nitrogen and oxygen atoms in total. The molecule has 0 bridgehead atoms. The smallest absolute Gasteiger partial charge is 0.391 e. The van der Waals surface area contributed by atoms with E-state index < -0.39 is 17.4 Å². The Bertz CT molecular complexity index is 564. The first kappa shape index (κ1) is 30.9. The standard InChI is InChI=1S/C21H40O5S4Si2/c1-6-8-16-26-31(25-7-2,21-14-10-9-11-15-21)19-12-17-27-29-30-28-18-13-20-32(22-3,23-4)24-5/h9-11,14-15H,6-8,12-13,16-20H2,1-5H3. The van der Waals surface area contributed by atoms with Crippen LogP contribution in [0.2, 0.25) is 12.1 Å². The molecule has 0 saturated heterocycles. The van der Waals surface area contributed by atoms with Crippen LogP contribution in [0.4, 0.5) is 0 Å². The molecule has 1 unspecified atom stereocenters. The first-order chi connectivity index (χ1) is 15.6. The molecule has 186 valence electrons. The van der Waals surface area contributed by atoms with Gasteiger partial charge < -0.3 is 22.1 Å². The van der Waals surface area contributed by atoms with Crippen LogP contribution in [0.5, 0.6) is 0 Å². The Morgan fingerprint density at radius 2 is 1.34 bits per heavy atom. The van der Waals surface area contributed by atoms with E-state index >= 15 is 0 Å². The van der Waals surface area contributed by atoms with Gasteiger partial charge in [0.05, 0.1) is 0 Å². The van der Waals surface area contributed by atoms with Crippen LogP contribution in [0.1, 0.15) is 39.5 Å². The van der Waals surface area contributed by atoms with Crippen molar-refractivity contribution in [1.29, 1.82) is 0 Å². The summed E-state index contributed by atoms with van der Waals surface area (Å²) in [6.07, 6.45) is 4.34. The van der Waals surface area contributed by atoms with Gasteiger partial charge >= 0.3 is 17.4 Å². The highest BCUT2D eigenvalue weighted by atomic mass is 33.7. The summed E-state index contributed by atoms with van der Waals surface area (Å²) in [7, 11) is 7.70. The second kappa shape index (κ2) is 19.1. The molecule has 11 heteroatoms. The second-order valence-electron chi connectivity index (χ2n) is 7.04. The van der Waals surface area contributed by atoms with Crippen molar-refractivity contribution in [3.8, 4) is 0 Å². The average molecular weight is 557 g/mol. The second-order valence-corrected chi connectivity index (χ2v) is 19.5. The molecule has 32 heavy (non-hydrogen) atoms. The van der Waals surface area contributed by atoms with Crippen LogP contribution in [0.15, 0.2) is 30.3 Å². The van der Waals surface area contributed by atoms with Crippen LogP contribution in [-0.4, -0.2) is 63.4 Å². The molecule has 0 radical (unpaired) electrons. The lowest BCUT2D eigenvalue weighted by Crippen LogP contribution is -2.54. The summed E-state index contributed by atoms with van der Waals surface area (Å²) < 4.78 is 29.2. The minimum absolute atomic E-state index is 0.695. The Morgan fingerprint density at radius 3 is 1.88 bits per heavy atom. The Balaban J connectivity index is 2.34. The van der Waals surface area contributed by atoms with E-state index in [0.29, 0.717) is 6.61 Å². The third-order valence-corrected chi connectivity index (χ3v) is 18.0. The lowest BCUT2D eigenvalue weighted by atomic mass is 10.4. The largest absolute Gasteiger partial charge is 0.500 e. The normalized spacial score (nSPS) is 13.9. The van der Waals surface area contributed by atoms with Gasteiger partial charge in [-0.2, -0.15) is 0 Å². The molecule has 0 aromatic heterocycles. The van der Waals surface area contributed by atoms with Gasteiger partial charge in [-0.15, -0.1) is 0 Å². The van der Waals surface area contributed by atoms with Gasteiger partial charge in [0.15, 0.2) is 0 Å². The fraction of sp³-hybridized carbons (Fsp3) is 0.714. The minimum atomic E-state index is -2.42. The van der Waals surface area contributed by atoms with Crippen molar-refractivity contribution in [2.45, 2.75) is 51.6 Å². The van der Waals surface area contributed by atoms with Gasteiger partial charge in [0.2, 0.25) is 0 Å². The average Bonchev–Trinajstić information content (AvgIpc) is 2.83. The van der Waals surface area contributed by atoms with Crippen LogP contribution in [0.25, 0.3) is 0 Å². The van der Waals surface area contributed by atoms with E-state index in [9.17, 15) is 0 Å². The van der Waals surface area contributed by atoms with Crippen LogP contribution in [0, 0.1) is 0 Å². The van der Waals surface area contributed by atoms with E-state index in [2.05, 4.69) is 44.2 Å². The maximum Gasteiger partial charge on any atom is 0.500 e. The van der Waals surface area contributed by atoms with E-state index in [1.807, 2.05) is 41.2 Å². The van der Waals surface area contributed by atoms with Crippen LogP contribution in [-0.2, 0) is 22.1 Å². The van der Waals surface area contributed by atoms with E-state index in [0.717, 1.165) is 55.9 Å². The van der Waals surface area contributed by atoms with E-state index in [-0.39, 0.29) is 0 Å². The fourth-order valence-electron chi connectivity index (χ4n) is 3.18. The highest BCUT2D eigenvalue weighted by molar-refractivity contribution is 9.26. The van der Waals surface area contributed by atoms with Crippen molar-refractivity contribution >= 4 is 63.8 Å². The molecule has 0 heterocycles. The molecular formula is C21H40O5S4Si2. The zero-order chi connectivity index (χ0) is 23.5. The molecule has 0 aliphatic rings. The summed E-state index contributed by atoms with van der Waals surface area (Å²) in [5.74, 6) is 2.15. The molecule has 0 aliphatic heterocycles. The molecule has 1 aromatic carbocycles. The summed E-state index contributed by atoms with van der Waals surface area (Å²) >= 11 is 0. The lowest BCUT2D eigenvalue weighted by molar-refractivity contribution is 0.123. The summed E-state index contributed by atoms with van der Waals surface area (Å²) in [5.41, 5.74) is 0. The van der Waals surface area contributed by atoms with Crippen LogP contribution in [0.3, 0.4) is 0 Å². The van der Waals surface area contributed by atoms with Gasteiger partial charge in [0.1, 0.15) is 0 Å². The Morgan fingerprint density at radius 1 is 0.750 bits per heavy atom. The predicted molar refractivity (Wildman–Crippen MR) is 150 cm³/mol. The minimum Gasteiger partial charge on any atom is -0.391 e. The zero-order valence-electron chi connectivity index (χ0n) is 20.1. The third kappa shape index (κ3) is 11.5. The Labute approximate surface area is 213 Å². The molecule has 0 spiro atoms. The first-order valence-electron chi connectivity index (χ1n) is 11.2. The molecule has 1 aromatic rings. The third-order valence-electron chi connectivity index (χ3n) is 4.93. The molecule has 1 atom stereocenters. The summed E-state index contributed by atoms with van der Waals surface area (Å²) in [4.78, 5) is 0. The first-order valence-corrected chi connectivity index (χ1v) is 20.3. The van der Waals surface area contributed by atoms with Crippen molar-refractivity contribution in [3.63, 3.8) is 0 Å². The summed E-state index contributed by atoms with van der Waals surface area (Å²) in [5, 5.41) is 1.25. The van der Waals surface area contributed by atoms with Gasteiger partial charge in [-0.3, -0.25) is 0 Å². The predicted octanol–water partition coefficient (Wildman–Crippen LogP) is 6.53. The maximum atomic E-state index is 6.49. The Hall–Kier alpha value is 0.854. The van der Waals surface area contributed by atoms with Crippen molar-refractivity contribution in [1.82, 2.24) is 0 Å². The van der Waals surface area contributed by atoms with Crippen molar-refractivity contribution in [2.24, 2.45) is 0 Å². The highest BCUT2D eigenvalue weighted by Crippen LogP contribution is 2.44. The molecule has 0 aliphatic carbocycles. The fourth-order valence-corrected chi connectivity index (χ4v) is 14.8. The van der Waals surface area contributed by atoms with Crippen LogP contribution < -0.4 is 5.19 Å². The van der Waals surface area contributed by atoms with E-state index in [1.54, 1.807) is 21.3 Å². The van der Waals surface area contributed by atoms with Gasteiger partial charge in [-0.25, -0.2) is 0 Å². The molecular weight excluding hydrogens is 517 g/mol. The highest BCUT2D eigenvalue weighted by Gasteiger charge is 2.39.